The van der Waals surface area contributed by atoms with Gasteiger partial charge in [-0.05, 0) is 48.7 Å². The predicted octanol–water partition coefficient (Wildman–Crippen LogP) is 4.23. The number of rotatable bonds is 5. The lowest BCUT2D eigenvalue weighted by atomic mass is 10.2. The van der Waals surface area contributed by atoms with E-state index in [2.05, 4.69) is 4.72 Å². The van der Waals surface area contributed by atoms with E-state index in [9.17, 15) is 8.42 Å². The third kappa shape index (κ3) is 4.13. The van der Waals surface area contributed by atoms with E-state index >= 15 is 0 Å². The summed E-state index contributed by atoms with van der Waals surface area (Å²) in [5.74, 6) is 0.506. The molecule has 0 amide bonds. The molecule has 21 heavy (non-hydrogen) atoms. The van der Waals surface area contributed by atoms with Crippen LogP contribution in [0, 0.1) is 6.92 Å². The molecule has 0 bridgehead atoms. The second-order valence-electron chi connectivity index (χ2n) is 4.65. The first-order chi connectivity index (χ1) is 9.92. The van der Waals surface area contributed by atoms with Gasteiger partial charge in [0.1, 0.15) is 0 Å². The van der Waals surface area contributed by atoms with E-state index in [1.165, 1.54) is 0 Å². The van der Waals surface area contributed by atoms with Crippen LogP contribution in [0.3, 0.4) is 0 Å². The van der Waals surface area contributed by atoms with E-state index in [0.29, 0.717) is 23.0 Å². The third-order valence-electron chi connectivity index (χ3n) is 3.04. The molecule has 0 radical (unpaired) electrons. The number of benzene rings is 2. The second-order valence-corrected chi connectivity index (χ2v) is 7.12. The first-order valence-electron chi connectivity index (χ1n) is 6.36. The molecule has 0 unspecified atom stereocenters. The van der Waals surface area contributed by atoms with Gasteiger partial charge < -0.3 is 0 Å². The van der Waals surface area contributed by atoms with Crippen LogP contribution in [0.25, 0.3) is 0 Å². The van der Waals surface area contributed by atoms with Crippen molar-refractivity contribution >= 4 is 38.9 Å². The molecule has 2 rings (SSSR count). The molecular formula is C15H15Cl2NO2S. The number of hydrogen-bond acceptors (Lipinski definition) is 2. The largest absolute Gasteiger partial charge is 0.280 e. The molecule has 3 nitrogen and oxygen atoms in total. The van der Waals surface area contributed by atoms with Gasteiger partial charge in [0.05, 0.1) is 10.6 Å². The van der Waals surface area contributed by atoms with Crippen LogP contribution in [-0.4, -0.2) is 14.3 Å². The van der Waals surface area contributed by atoms with E-state index in [1.807, 2.05) is 6.92 Å². The molecule has 112 valence electrons. The third-order valence-corrected chi connectivity index (χ3v) is 5.03. The first-order valence-corrected chi connectivity index (χ1v) is 8.76. The summed E-state index contributed by atoms with van der Waals surface area (Å²) < 4.78 is 27.1. The number of hydrogen-bond donors (Lipinski definition) is 1. The van der Waals surface area contributed by atoms with Crippen molar-refractivity contribution in [2.45, 2.75) is 18.2 Å². The van der Waals surface area contributed by atoms with Gasteiger partial charge in [-0.15, -0.1) is 11.6 Å². The van der Waals surface area contributed by atoms with Crippen molar-refractivity contribution in [1.29, 1.82) is 0 Å². The molecule has 6 heteroatoms. The van der Waals surface area contributed by atoms with Crippen molar-refractivity contribution in [1.82, 2.24) is 0 Å². The van der Waals surface area contributed by atoms with E-state index in [0.717, 1.165) is 11.1 Å². The zero-order chi connectivity index (χ0) is 15.5. The summed E-state index contributed by atoms with van der Waals surface area (Å²) in [6.07, 6.45) is 0.711. The summed E-state index contributed by atoms with van der Waals surface area (Å²) >= 11 is 11.7. The quantitative estimate of drug-likeness (QED) is 0.825. The standard InChI is InChI=1S/C15H15Cl2NO2S/c1-11-2-5-13(10-15(11)17)18-21(19,20)14-6-3-12(4-7-14)8-9-16/h2-7,10,18H,8-9H2,1H3. The van der Waals surface area contributed by atoms with Crippen LogP contribution in [0.15, 0.2) is 47.4 Å². The Hall–Kier alpha value is -1.23. The topological polar surface area (TPSA) is 46.2 Å². The van der Waals surface area contributed by atoms with Crippen LogP contribution in [0.2, 0.25) is 5.02 Å². The maximum atomic E-state index is 12.3. The molecule has 0 spiro atoms. The highest BCUT2D eigenvalue weighted by atomic mass is 35.5. The van der Waals surface area contributed by atoms with Crippen molar-refractivity contribution in [3.8, 4) is 0 Å². The van der Waals surface area contributed by atoms with Gasteiger partial charge in [0.25, 0.3) is 10.0 Å². The van der Waals surface area contributed by atoms with E-state index in [4.69, 9.17) is 23.2 Å². The van der Waals surface area contributed by atoms with Crippen LogP contribution in [-0.2, 0) is 16.4 Å². The van der Waals surface area contributed by atoms with Crippen LogP contribution in [0.5, 0.6) is 0 Å². The summed E-state index contributed by atoms with van der Waals surface area (Å²) in [4.78, 5) is 0.206. The second kappa shape index (κ2) is 6.69. The molecule has 0 heterocycles. The summed E-state index contributed by atoms with van der Waals surface area (Å²) in [5.41, 5.74) is 2.34. The van der Waals surface area contributed by atoms with Crippen molar-refractivity contribution < 1.29 is 8.42 Å². The highest BCUT2D eigenvalue weighted by Crippen LogP contribution is 2.22. The van der Waals surface area contributed by atoms with Crippen molar-refractivity contribution in [3.63, 3.8) is 0 Å². The van der Waals surface area contributed by atoms with Gasteiger partial charge >= 0.3 is 0 Å². The summed E-state index contributed by atoms with van der Waals surface area (Å²) in [6, 6.07) is 11.7. The molecule has 2 aromatic rings. The fourth-order valence-corrected chi connectivity index (χ4v) is 3.26. The monoisotopic (exact) mass is 343 g/mol. The van der Waals surface area contributed by atoms with Crippen molar-refractivity contribution in [3.05, 3.63) is 58.6 Å². The van der Waals surface area contributed by atoms with Gasteiger partial charge in [-0.1, -0.05) is 29.8 Å². The van der Waals surface area contributed by atoms with E-state index in [-0.39, 0.29) is 4.90 Å². The number of nitrogens with one attached hydrogen (secondary N) is 1. The minimum atomic E-state index is -3.62. The van der Waals surface area contributed by atoms with Crippen LogP contribution in [0.4, 0.5) is 5.69 Å². The summed E-state index contributed by atoms with van der Waals surface area (Å²) in [5, 5.41) is 0.521. The highest BCUT2D eigenvalue weighted by molar-refractivity contribution is 7.92. The number of alkyl halides is 1. The van der Waals surface area contributed by atoms with Crippen LogP contribution < -0.4 is 4.72 Å². The Morgan fingerprint density at radius 1 is 1.10 bits per heavy atom. The minimum absolute atomic E-state index is 0.206. The molecule has 0 aromatic heterocycles. The minimum Gasteiger partial charge on any atom is -0.280 e. The van der Waals surface area contributed by atoms with Gasteiger partial charge in [0.2, 0.25) is 0 Å². The van der Waals surface area contributed by atoms with Crippen LogP contribution in [0.1, 0.15) is 11.1 Å². The Labute approximate surface area is 135 Å². The average Bonchev–Trinajstić information content (AvgIpc) is 2.44. The Morgan fingerprint density at radius 2 is 1.76 bits per heavy atom. The maximum absolute atomic E-state index is 12.3. The molecule has 2 aromatic carbocycles. The predicted molar refractivity (Wildman–Crippen MR) is 87.9 cm³/mol. The zero-order valence-corrected chi connectivity index (χ0v) is 13.8. The summed E-state index contributed by atoms with van der Waals surface area (Å²) in [7, 11) is -3.62. The Balaban J connectivity index is 2.23. The molecule has 1 N–H and O–H groups in total. The van der Waals surface area contributed by atoms with Crippen molar-refractivity contribution in [2.24, 2.45) is 0 Å². The van der Waals surface area contributed by atoms with Gasteiger partial charge in [-0.25, -0.2) is 8.42 Å². The van der Waals surface area contributed by atoms with Crippen molar-refractivity contribution in [2.75, 3.05) is 10.6 Å². The lowest BCUT2D eigenvalue weighted by Gasteiger charge is -2.09. The number of aryl methyl sites for hydroxylation is 2. The number of halogens is 2. The fourth-order valence-electron chi connectivity index (χ4n) is 1.81. The Morgan fingerprint density at radius 3 is 2.33 bits per heavy atom. The molecule has 0 saturated heterocycles. The number of sulfonamides is 1. The zero-order valence-electron chi connectivity index (χ0n) is 11.4. The van der Waals surface area contributed by atoms with Gasteiger partial charge in [-0.3, -0.25) is 4.72 Å². The maximum Gasteiger partial charge on any atom is 0.261 e. The van der Waals surface area contributed by atoms with E-state index in [1.54, 1.807) is 42.5 Å². The Bertz CT molecular complexity index is 728. The molecule has 0 atom stereocenters. The fraction of sp³-hybridized carbons (Fsp3) is 0.200. The van der Waals surface area contributed by atoms with Crippen LogP contribution >= 0.6 is 23.2 Å². The van der Waals surface area contributed by atoms with Gasteiger partial charge in [0.15, 0.2) is 0 Å². The normalized spacial score (nSPS) is 11.4. The first kappa shape index (κ1) is 16.1. The summed E-state index contributed by atoms with van der Waals surface area (Å²) in [6.45, 7) is 1.86. The lowest BCUT2D eigenvalue weighted by Crippen LogP contribution is -2.13. The SMILES string of the molecule is Cc1ccc(NS(=O)(=O)c2ccc(CCCl)cc2)cc1Cl. The molecule has 0 saturated carbocycles. The lowest BCUT2D eigenvalue weighted by molar-refractivity contribution is 0.601. The van der Waals surface area contributed by atoms with Gasteiger partial charge in [0, 0.05) is 10.9 Å². The molecular weight excluding hydrogens is 329 g/mol. The molecule has 0 aliphatic heterocycles. The number of anilines is 1. The Kier molecular flexibility index (Phi) is 5.14. The smallest absolute Gasteiger partial charge is 0.261 e. The molecule has 0 aliphatic rings. The average molecular weight is 344 g/mol. The molecule has 0 fully saturated rings. The van der Waals surface area contributed by atoms with E-state index < -0.39 is 10.0 Å². The highest BCUT2D eigenvalue weighted by Gasteiger charge is 2.14. The molecule has 0 aliphatic carbocycles. The van der Waals surface area contributed by atoms with Gasteiger partial charge in [-0.2, -0.15) is 0 Å².